The van der Waals surface area contributed by atoms with Crippen LogP contribution in [0.4, 0.5) is 0 Å². The van der Waals surface area contributed by atoms with Crippen molar-refractivity contribution in [2.24, 2.45) is 0 Å². The van der Waals surface area contributed by atoms with Gasteiger partial charge in [0.2, 0.25) is 6.41 Å². The highest BCUT2D eigenvalue weighted by atomic mass is 32.4. The summed E-state index contributed by atoms with van der Waals surface area (Å²) in [4.78, 5) is 32.1. The molecule has 20 heavy (non-hydrogen) atoms. The van der Waals surface area contributed by atoms with Crippen molar-refractivity contribution in [3.8, 4) is 0 Å². The van der Waals surface area contributed by atoms with E-state index in [0.29, 0.717) is 26.7 Å². The first-order chi connectivity index (χ1) is 9.54. The molecular weight excluding hydrogens is 317 g/mol. The molecule has 2 amide bonds. The van der Waals surface area contributed by atoms with E-state index in [2.05, 4.69) is 12.2 Å². The van der Waals surface area contributed by atoms with Crippen LogP contribution in [-0.2, 0) is 14.3 Å². The molecule has 0 aromatic heterocycles. The molecule has 116 valence electrons. The highest BCUT2D eigenvalue weighted by Crippen LogP contribution is 2.50. The second-order valence-corrected chi connectivity index (χ2v) is 10.1. The minimum atomic E-state index is -0.412. The van der Waals surface area contributed by atoms with Crippen molar-refractivity contribution < 1.29 is 19.2 Å². The molecule has 0 aliphatic heterocycles. The molecule has 0 saturated heterocycles. The quantitative estimate of drug-likeness (QED) is 0.196. The standard InChI is InChI=1S/C11H23N2O4P3/c1-4-10(6-18-20-19-16)17-8-13(3)5-9(2)11(15)12-7-14/h5,7,10,16,18-20H,4,6,8H2,1-3H3,(H,12,14,15)/b9-5-/t10-/m0/s1. The summed E-state index contributed by atoms with van der Waals surface area (Å²) < 4.78 is 5.75. The molecule has 0 fully saturated rings. The van der Waals surface area contributed by atoms with Gasteiger partial charge in [-0.05, 0) is 27.5 Å². The summed E-state index contributed by atoms with van der Waals surface area (Å²) in [6, 6.07) is 0. The van der Waals surface area contributed by atoms with Gasteiger partial charge < -0.3 is 14.5 Å². The lowest BCUT2D eigenvalue weighted by Gasteiger charge is -2.21. The third-order valence-corrected chi connectivity index (χ3v) is 7.43. The molecule has 0 radical (unpaired) electrons. The number of hydrogen-bond acceptors (Lipinski definition) is 5. The molecule has 0 aromatic carbocycles. The maximum absolute atomic E-state index is 11.3. The lowest BCUT2D eigenvalue weighted by Crippen LogP contribution is -2.26. The molecule has 0 heterocycles. The third-order valence-electron chi connectivity index (χ3n) is 2.41. The number of hydrogen-bond donors (Lipinski definition) is 2. The monoisotopic (exact) mass is 340 g/mol. The van der Waals surface area contributed by atoms with Gasteiger partial charge in [-0.15, -0.1) is 0 Å². The van der Waals surface area contributed by atoms with Crippen molar-refractivity contribution in [2.75, 3.05) is 19.9 Å². The van der Waals surface area contributed by atoms with E-state index in [-0.39, 0.29) is 14.6 Å². The number of carbonyl (C=O) groups excluding carboxylic acids is 2. The molecule has 0 rings (SSSR count). The summed E-state index contributed by atoms with van der Waals surface area (Å²) in [5.74, 6) is -0.412. The average molecular weight is 340 g/mol. The van der Waals surface area contributed by atoms with Crippen LogP contribution in [0.1, 0.15) is 20.3 Å². The summed E-state index contributed by atoms with van der Waals surface area (Å²) >= 11 is 0. The predicted molar refractivity (Wildman–Crippen MR) is 87.8 cm³/mol. The SMILES string of the molecule is CC[C@@H](CPPPO)OCN(C)/C=C(/C)C(=O)NC=O. The van der Waals surface area contributed by atoms with Crippen LogP contribution >= 0.6 is 24.7 Å². The summed E-state index contributed by atoms with van der Waals surface area (Å²) in [6.07, 6.45) is 4.08. The normalized spacial score (nSPS) is 14.7. The van der Waals surface area contributed by atoms with Gasteiger partial charge in [-0.2, -0.15) is 0 Å². The van der Waals surface area contributed by atoms with Crippen LogP contribution < -0.4 is 5.32 Å². The summed E-state index contributed by atoms with van der Waals surface area (Å²) in [5.41, 5.74) is 0.445. The average Bonchev–Trinajstić information content (AvgIpc) is 2.42. The molecule has 0 bridgehead atoms. The molecule has 6 nitrogen and oxygen atoms in total. The first kappa shape index (κ1) is 19.9. The summed E-state index contributed by atoms with van der Waals surface area (Å²) in [5, 5.41) is 2.08. The molecule has 0 saturated carbocycles. The smallest absolute Gasteiger partial charge is 0.254 e. The zero-order valence-electron chi connectivity index (χ0n) is 12.0. The maximum Gasteiger partial charge on any atom is 0.254 e. The lowest BCUT2D eigenvalue weighted by atomic mass is 10.3. The van der Waals surface area contributed by atoms with Crippen molar-refractivity contribution >= 4 is 37.0 Å². The van der Waals surface area contributed by atoms with Crippen molar-refractivity contribution in [3.05, 3.63) is 11.8 Å². The van der Waals surface area contributed by atoms with E-state index in [9.17, 15) is 9.59 Å². The lowest BCUT2D eigenvalue weighted by molar-refractivity contribution is -0.122. The van der Waals surface area contributed by atoms with Gasteiger partial charge in [-0.3, -0.25) is 14.9 Å². The van der Waals surface area contributed by atoms with Gasteiger partial charge in [0.25, 0.3) is 5.91 Å². The molecule has 0 aromatic rings. The van der Waals surface area contributed by atoms with Gasteiger partial charge in [-0.1, -0.05) is 15.2 Å². The van der Waals surface area contributed by atoms with Crippen molar-refractivity contribution in [2.45, 2.75) is 26.4 Å². The number of rotatable bonds is 11. The first-order valence-electron chi connectivity index (χ1n) is 6.16. The zero-order chi connectivity index (χ0) is 15.4. The number of amides is 2. The number of imide groups is 1. The first-order valence-corrected chi connectivity index (χ1v) is 11.3. The Labute approximate surface area is 125 Å². The molecule has 2 N–H and O–H groups in total. The Hall–Kier alpha value is -0.110. The molecular formula is C11H23N2O4P3. The zero-order valence-corrected chi connectivity index (χ0v) is 15.0. The van der Waals surface area contributed by atoms with Gasteiger partial charge >= 0.3 is 0 Å². The fourth-order valence-corrected chi connectivity index (χ4v) is 5.01. The Morgan fingerprint density at radius 1 is 1.55 bits per heavy atom. The van der Waals surface area contributed by atoms with E-state index >= 15 is 0 Å². The van der Waals surface area contributed by atoms with Gasteiger partial charge in [0.05, 0.1) is 6.10 Å². The molecule has 0 spiro atoms. The minimum Gasteiger partial charge on any atom is -0.372 e. The van der Waals surface area contributed by atoms with Crippen LogP contribution in [0.15, 0.2) is 11.8 Å². The van der Waals surface area contributed by atoms with Gasteiger partial charge in [0, 0.05) is 27.3 Å². The molecule has 3 unspecified atom stereocenters. The fourth-order valence-electron chi connectivity index (χ4n) is 1.34. The Morgan fingerprint density at radius 3 is 2.80 bits per heavy atom. The van der Waals surface area contributed by atoms with E-state index in [0.717, 1.165) is 20.9 Å². The topological polar surface area (TPSA) is 78.9 Å². The van der Waals surface area contributed by atoms with E-state index in [4.69, 9.17) is 9.63 Å². The largest absolute Gasteiger partial charge is 0.372 e. The number of nitrogens with one attached hydrogen (secondary N) is 1. The molecule has 0 aliphatic rings. The van der Waals surface area contributed by atoms with E-state index in [1.165, 1.54) is 0 Å². The van der Waals surface area contributed by atoms with E-state index in [1.54, 1.807) is 18.0 Å². The van der Waals surface area contributed by atoms with Crippen molar-refractivity contribution in [1.29, 1.82) is 0 Å². The third kappa shape index (κ3) is 9.74. The Kier molecular flexibility index (Phi) is 12.5. The Bertz CT molecular complexity index is 329. The van der Waals surface area contributed by atoms with Crippen molar-refractivity contribution in [1.82, 2.24) is 10.2 Å². The van der Waals surface area contributed by atoms with E-state index in [1.807, 2.05) is 7.05 Å². The molecule has 9 heteroatoms. The second-order valence-electron chi connectivity index (χ2n) is 4.10. The van der Waals surface area contributed by atoms with Crippen LogP contribution in [0.3, 0.4) is 0 Å². The van der Waals surface area contributed by atoms with Crippen LogP contribution in [0.5, 0.6) is 0 Å². The number of nitrogens with zero attached hydrogens (tertiary/aromatic N) is 1. The predicted octanol–water partition coefficient (Wildman–Crippen LogP) is 1.62. The van der Waals surface area contributed by atoms with Crippen LogP contribution in [0.2, 0.25) is 0 Å². The summed E-state index contributed by atoms with van der Waals surface area (Å²) in [6.45, 7) is 4.09. The molecule has 4 atom stereocenters. The Balaban J connectivity index is 4.11. The number of carbonyl (C=O) groups is 2. The molecule has 0 aliphatic carbocycles. The van der Waals surface area contributed by atoms with Crippen LogP contribution in [0.25, 0.3) is 0 Å². The maximum atomic E-state index is 11.3. The second kappa shape index (κ2) is 12.6. The summed E-state index contributed by atoms with van der Waals surface area (Å²) in [7, 11) is 3.21. The van der Waals surface area contributed by atoms with Crippen LogP contribution in [0, 0.1) is 0 Å². The van der Waals surface area contributed by atoms with E-state index < -0.39 is 5.91 Å². The van der Waals surface area contributed by atoms with Crippen LogP contribution in [-0.4, -0.2) is 48.2 Å². The van der Waals surface area contributed by atoms with Crippen molar-refractivity contribution in [3.63, 3.8) is 0 Å². The minimum absolute atomic E-state index is 0.0412. The number of ether oxygens (including phenoxy) is 1. The highest BCUT2D eigenvalue weighted by molar-refractivity contribution is 8.42. The highest BCUT2D eigenvalue weighted by Gasteiger charge is 2.08. The fraction of sp³-hybridized carbons (Fsp3) is 0.636. The Morgan fingerprint density at radius 2 is 2.25 bits per heavy atom. The van der Waals surface area contributed by atoms with Gasteiger partial charge in [0.1, 0.15) is 6.73 Å². The van der Waals surface area contributed by atoms with Gasteiger partial charge in [0.15, 0.2) is 0 Å². The van der Waals surface area contributed by atoms with Gasteiger partial charge in [-0.25, -0.2) is 0 Å².